The Labute approximate surface area is 123 Å². The molecule has 4 nitrogen and oxygen atoms in total. The first kappa shape index (κ1) is 12.6. The quantitative estimate of drug-likeness (QED) is 0.945. The van der Waals surface area contributed by atoms with Crippen molar-refractivity contribution in [2.24, 2.45) is 0 Å². The Morgan fingerprint density at radius 3 is 3.05 bits per heavy atom. The van der Waals surface area contributed by atoms with Crippen molar-refractivity contribution in [1.82, 2.24) is 14.9 Å². The minimum Gasteiger partial charge on any atom is -0.379 e. The lowest BCUT2D eigenvalue weighted by atomic mass is 10.2. The van der Waals surface area contributed by atoms with Gasteiger partial charge in [0, 0.05) is 25.0 Å². The van der Waals surface area contributed by atoms with Gasteiger partial charge >= 0.3 is 0 Å². The smallest absolute Gasteiger partial charge is 0.111 e. The molecule has 0 spiro atoms. The molecule has 1 aromatic carbocycles. The summed E-state index contributed by atoms with van der Waals surface area (Å²) in [4.78, 5) is 4.81. The van der Waals surface area contributed by atoms with Crippen LogP contribution in [0.25, 0.3) is 11.0 Å². The summed E-state index contributed by atoms with van der Waals surface area (Å²) in [7, 11) is 0. The van der Waals surface area contributed by atoms with Crippen LogP contribution in [0.2, 0.25) is 5.02 Å². The van der Waals surface area contributed by atoms with E-state index in [0.717, 1.165) is 48.1 Å². The van der Waals surface area contributed by atoms with Crippen molar-refractivity contribution in [3.05, 3.63) is 29.0 Å². The van der Waals surface area contributed by atoms with Gasteiger partial charge in [0.1, 0.15) is 5.82 Å². The summed E-state index contributed by atoms with van der Waals surface area (Å²) in [6, 6.07) is 6.92. The monoisotopic (exact) mass is 291 g/mol. The molecule has 0 amide bonds. The third-order valence-corrected chi connectivity index (χ3v) is 4.38. The first-order chi connectivity index (χ1) is 9.83. The van der Waals surface area contributed by atoms with Crippen LogP contribution in [0.4, 0.5) is 0 Å². The Balaban J connectivity index is 1.74. The number of para-hydroxylation sites is 1. The molecule has 1 N–H and O–H groups in total. The lowest BCUT2D eigenvalue weighted by molar-refractivity contribution is 0.0761. The second kappa shape index (κ2) is 5.02. The number of fused-ring (bicyclic) bond motifs is 1. The molecular weight excluding hydrogens is 274 g/mol. The van der Waals surface area contributed by atoms with Gasteiger partial charge in [-0.05, 0) is 25.0 Å². The van der Waals surface area contributed by atoms with Crippen LogP contribution in [0.5, 0.6) is 0 Å². The second-order valence-electron chi connectivity index (χ2n) is 5.67. The highest BCUT2D eigenvalue weighted by molar-refractivity contribution is 6.35. The van der Waals surface area contributed by atoms with Crippen molar-refractivity contribution in [3.8, 4) is 0 Å². The summed E-state index contributed by atoms with van der Waals surface area (Å²) >= 11 is 6.39. The standard InChI is InChI=1S/C15H18ClN3O/c16-12-2-1-3-13-15(12)19(11-4-5-11)14(18-13)8-10-9-20-7-6-17-10/h1-3,10-11,17H,4-9H2. The highest BCUT2D eigenvalue weighted by atomic mass is 35.5. The van der Waals surface area contributed by atoms with Gasteiger partial charge in [-0.1, -0.05) is 17.7 Å². The normalized spacial score (nSPS) is 23.4. The van der Waals surface area contributed by atoms with E-state index < -0.39 is 0 Å². The Hall–Kier alpha value is -1.10. The number of ether oxygens (including phenoxy) is 1. The molecule has 1 saturated carbocycles. The van der Waals surface area contributed by atoms with Crippen LogP contribution in [-0.4, -0.2) is 35.4 Å². The number of halogens is 1. The van der Waals surface area contributed by atoms with Gasteiger partial charge in [0.05, 0.1) is 29.3 Å². The maximum atomic E-state index is 6.39. The Morgan fingerprint density at radius 1 is 1.40 bits per heavy atom. The molecule has 0 radical (unpaired) electrons. The van der Waals surface area contributed by atoms with E-state index in [1.54, 1.807) is 0 Å². The molecule has 2 fully saturated rings. The van der Waals surface area contributed by atoms with Gasteiger partial charge in [0.15, 0.2) is 0 Å². The average Bonchev–Trinajstić information content (AvgIpc) is 3.22. The van der Waals surface area contributed by atoms with E-state index in [-0.39, 0.29) is 0 Å². The van der Waals surface area contributed by atoms with Crippen LogP contribution in [0.15, 0.2) is 18.2 Å². The first-order valence-electron chi connectivity index (χ1n) is 7.29. The number of aromatic nitrogens is 2. The number of nitrogens with one attached hydrogen (secondary N) is 1. The van der Waals surface area contributed by atoms with Gasteiger partial charge in [-0.2, -0.15) is 0 Å². The number of nitrogens with zero attached hydrogens (tertiary/aromatic N) is 2. The number of benzene rings is 1. The predicted octanol–water partition coefficient (Wildman–Crippen LogP) is 2.56. The minimum absolute atomic E-state index is 0.358. The van der Waals surface area contributed by atoms with E-state index in [2.05, 4.69) is 9.88 Å². The van der Waals surface area contributed by atoms with Crippen molar-refractivity contribution in [2.45, 2.75) is 31.3 Å². The summed E-state index contributed by atoms with van der Waals surface area (Å²) in [5.41, 5.74) is 2.11. The fraction of sp³-hybridized carbons (Fsp3) is 0.533. The van der Waals surface area contributed by atoms with Gasteiger partial charge < -0.3 is 14.6 Å². The molecule has 20 heavy (non-hydrogen) atoms. The van der Waals surface area contributed by atoms with E-state index in [9.17, 15) is 0 Å². The van der Waals surface area contributed by atoms with Crippen molar-refractivity contribution in [3.63, 3.8) is 0 Å². The Bertz CT molecular complexity index is 629. The molecule has 1 aromatic heterocycles. The van der Waals surface area contributed by atoms with Crippen LogP contribution >= 0.6 is 11.6 Å². The molecule has 2 aromatic rings. The first-order valence-corrected chi connectivity index (χ1v) is 7.67. The highest BCUT2D eigenvalue weighted by Gasteiger charge is 2.30. The SMILES string of the molecule is Clc1cccc2nc(CC3COCCN3)n(C3CC3)c12. The molecule has 1 aliphatic carbocycles. The van der Waals surface area contributed by atoms with Crippen molar-refractivity contribution >= 4 is 22.6 Å². The van der Waals surface area contributed by atoms with E-state index in [0.29, 0.717) is 12.1 Å². The summed E-state index contributed by atoms with van der Waals surface area (Å²) < 4.78 is 7.90. The summed E-state index contributed by atoms with van der Waals surface area (Å²) in [5.74, 6) is 1.14. The van der Waals surface area contributed by atoms with E-state index >= 15 is 0 Å². The highest BCUT2D eigenvalue weighted by Crippen LogP contribution is 2.40. The topological polar surface area (TPSA) is 39.1 Å². The second-order valence-corrected chi connectivity index (χ2v) is 6.07. The largest absolute Gasteiger partial charge is 0.379 e. The minimum atomic E-state index is 0.358. The van der Waals surface area contributed by atoms with Gasteiger partial charge in [0.2, 0.25) is 0 Å². The molecule has 4 rings (SSSR count). The zero-order valence-electron chi connectivity index (χ0n) is 11.3. The average molecular weight is 292 g/mol. The maximum Gasteiger partial charge on any atom is 0.111 e. The van der Waals surface area contributed by atoms with Crippen LogP contribution in [-0.2, 0) is 11.2 Å². The molecule has 2 heterocycles. The van der Waals surface area contributed by atoms with Crippen LogP contribution in [0, 0.1) is 0 Å². The van der Waals surface area contributed by atoms with Crippen molar-refractivity contribution in [2.75, 3.05) is 19.8 Å². The molecule has 1 aliphatic heterocycles. The zero-order chi connectivity index (χ0) is 13.5. The number of morpholine rings is 1. The molecule has 1 unspecified atom stereocenters. The van der Waals surface area contributed by atoms with E-state index in [1.807, 2.05) is 18.2 Å². The van der Waals surface area contributed by atoms with Gasteiger partial charge in [-0.15, -0.1) is 0 Å². The third-order valence-electron chi connectivity index (χ3n) is 4.07. The molecular formula is C15H18ClN3O. The van der Waals surface area contributed by atoms with Gasteiger partial charge in [0.25, 0.3) is 0 Å². The van der Waals surface area contributed by atoms with E-state index in [1.165, 1.54) is 12.8 Å². The fourth-order valence-corrected chi connectivity index (χ4v) is 3.26. The number of imidazole rings is 1. The zero-order valence-corrected chi connectivity index (χ0v) is 12.1. The summed E-state index contributed by atoms with van der Waals surface area (Å²) in [6.07, 6.45) is 3.37. The fourth-order valence-electron chi connectivity index (χ4n) is 3.00. The third kappa shape index (κ3) is 2.22. The number of hydrogen-bond donors (Lipinski definition) is 1. The molecule has 0 bridgehead atoms. The molecule has 5 heteroatoms. The molecule has 2 aliphatic rings. The predicted molar refractivity (Wildman–Crippen MR) is 79.3 cm³/mol. The van der Waals surface area contributed by atoms with Crippen LogP contribution < -0.4 is 5.32 Å². The van der Waals surface area contributed by atoms with Crippen molar-refractivity contribution in [1.29, 1.82) is 0 Å². The molecule has 1 saturated heterocycles. The van der Waals surface area contributed by atoms with Crippen molar-refractivity contribution < 1.29 is 4.74 Å². The van der Waals surface area contributed by atoms with Gasteiger partial charge in [-0.3, -0.25) is 0 Å². The van der Waals surface area contributed by atoms with Gasteiger partial charge in [-0.25, -0.2) is 4.98 Å². The lowest BCUT2D eigenvalue weighted by Crippen LogP contribution is -2.43. The molecule has 106 valence electrons. The lowest BCUT2D eigenvalue weighted by Gasteiger charge is -2.23. The van der Waals surface area contributed by atoms with Crippen LogP contribution in [0.3, 0.4) is 0 Å². The summed E-state index contributed by atoms with van der Waals surface area (Å²) in [5, 5.41) is 4.31. The summed E-state index contributed by atoms with van der Waals surface area (Å²) in [6.45, 7) is 2.50. The number of hydrogen-bond acceptors (Lipinski definition) is 3. The number of rotatable bonds is 3. The van der Waals surface area contributed by atoms with Crippen LogP contribution in [0.1, 0.15) is 24.7 Å². The van der Waals surface area contributed by atoms with E-state index in [4.69, 9.17) is 21.3 Å². The Kier molecular flexibility index (Phi) is 3.17. The Morgan fingerprint density at radius 2 is 2.30 bits per heavy atom. The maximum absolute atomic E-state index is 6.39. The molecule has 1 atom stereocenters.